The van der Waals surface area contributed by atoms with E-state index in [0.717, 1.165) is 45.6 Å². The van der Waals surface area contributed by atoms with Crippen molar-refractivity contribution in [3.8, 4) is 0 Å². The number of alkyl halides is 3. The van der Waals surface area contributed by atoms with Gasteiger partial charge in [0.05, 0.1) is 31.5 Å². The van der Waals surface area contributed by atoms with Crippen LogP contribution in [0.3, 0.4) is 0 Å². The maximum Gasteiger partial charge on any atom is 0.392 e. The third-order valence-electron chi connectivity index (χ3n) is 9.42. The molecule has 0 aromatic carbocycles. The molecule has 34 heavy (non-hydrogen) atoms. The smallest absolute Gasteiger partial charge is 0.381 e. The molecule has 4 saturated heterocycles. The Kier molecular flexibility index (Phi) is 7.16. The van der Waals surface area contributed by atoms with Gasteiger partial charge in [-0.1, -0.05) is 13.3 Å². The molecule has 5 fully saturated rings. The van der Waals surface area contributed by atoms with Crippen LogP contribution in [-0.4, -0.2) is 73.7 Å². The van der Waals surface area contributed by atoms with Gasteiger partial charge in [0.2, 0.25) is 5.91 Å². The highest BCUT2D eigenvalue weighted by molar-refractivity contribution is 5.82. The van der Waals surface area contributed by atoms with E-state index in [1.165, 1.54) is 0 Å². The normalized spacial score (nSPS) is 42.9. The van der Waals surface area contributed by atoms with Gasteiger partial charge in [0.25, 0.3) is 0 Å². The lowest BCUT2D eigenvalue weighted by molar-refractivity contribution is -0.198. The Bertz CT molecular complexity index is 734. The van der Waals surface area contributed by atoms with Gasteiger partial charge in [-0.25, -0.2) is 10.9 Å². The fraction of sp³-hybridized carbons (Fsp3) is 0.958. The van der Waals surface area contributed by atoms with Crippen molar-refractivity contribution in [2.24, 2.45) is 35.5 Å². The molecule has 0 aromatic heterocycles. The van der Waals surface area contributed by atoms with Crippen molar-refractivity contribution in [2.45, 2.75) is 76.4 Å². The third kappa shape index (κ3) is 4.85. The molecule has 1 saturated carbocycles. The molecule has 0 radical (unpaired) electrons. The van der Waals surface area contributed by atoms with Crippen molar-refractivity contribution >= 4 is 5.91 Å². The van der Waals surface area contributed by atoms with E-state index in [9.17, 15) is 18.0 Å². The SMILES string of the molecule is C[C@H](CC1NNCN1C)C1CC(C2CCOC2)NC(N2CC3C(CCCC3C(F)(F)F)C2=O)C1. The lowest BCUT2D eigenvalue weighted by Gasteiger charge is -2.45. The van der Waals surface area contributed by atoms with Crippen molar-refractivity contribution in [2.75, 3.05) is 33.5 Å². The average Bonchev–Trinajstić information content (AvgIpc) is 3.54. The number of halogens is 3. The van der Waals surface area contributed by atoms with Crippen LogP contribution in [0.2, 0.25) is 0 Å². The molecule has 5 aliphatic rings. The molecule has 0 bridgehead atoms. The van der Waals surface area contributed by atoms with Gasteiger partial charge < -0.3 is 9.64 Å². The van der Waals surface area contributed by atoms with E-state index in [-0.39, 0.29) is 37.2 Å². The Hall–Kier alpha value is -0.940. The summed E-state index contributed by atoms with van der Waals surface area (Å²) in [6, 6.07) is 0.231. The number of fused-ring (bicyclic) bond motifs is 1. The summed E-state index contributed by atoms with van der Waals surface area (Å²) >= 11 is 0. The number of amides is 1. The van der Waals surface area contributed by atoms with Gasteiger partial charge in [-0.2, -0.15) is 13.2 Å². The summed E-state index contributed by atoms with van der Waals surface area (Å²) in [5.41, 5.74) is 6.53. The lowest BCUT2D eigenvalue weighted by Crippen LogP contribution is -2.58. The number of hydrogen-bond acceptors (Lipinski definition) is 6. The summed E-state index contributed by atoms with van der Waals surface area (Å²) in [5, 5.41) is 3.72. The predicted octanol–water partition coefficient (Wildman–Crippen LogP) is 2.50. The summed E-state index contributed by atoms with van der Waals surface area (Å²) in [6.45, 7) is 4.80. The van der Waals surface area contributed by atoms with Crippen molar-refractivity contribution in [3.63, 3.8) is 0 Å². The summed E-state index contributed by atoms with van der Waals surface area (Å²) in [4.78, 5) is 17.5. The molecule has 4 aliphatic heterocycles. The monoisotopic (exact) mass is 487 g/mol. The molecular weight excluding hydrogens is 447 g/mol. The van der Waals surface area contributed by atoms with Crippen LogP contribution in [0.4, 0.5) is 13.2 Å². The molecule has 5 rings (SSSR count). The first-order chi connectivity index (χ1) is 16.2. The minimum Gasteiger partial charge on any atom is -0.381 e. The molecule has 1 aliphatic carbocycles. The summed E-state index contributed by atoms with van der Waals surface area (Å²) in [5.74, 6) is -1.26. The fourth-order valence-corrected chi connectivity index (χ4v) is 7.31. The van der Waals surface area contributed by atoms with E-state index < -0.39 is 23.9 Å². The van der Waals surface area contributed by atoms with Crippen LogP contribution in [0.15, 0.2) is 0 Å². The Morgan fingerprint density at radius 1 is 1.21 bits per heavy atom. The van der Waals surface area contributed by atoms with Crippen LogP contribution in [0.1, 0.15) is 51.9 Å². The van der Waals surface area contributed by atoms with Gasteiger partial charge in [0.1, 0.15) is 0 Å². The zero-order valence-corrected chi connectivity index (χ0v) is 20.3. The van der Waals surface area contributed by atoms with Crippen LogP contribution in [0.25, 0.3) is 0 Å². The highest BCUT2D eigenvalue weighted by atomic mass is 19.4. The summed E-state index contributed by atoms with van der Waals surface area (Å²) in [7, 11) is 2.09. The van der Waals surface area contributed by atoms with Crippen molar-refractivity contribution in [1.29, 1.82) is 0 Å². The average molecular weight is 488 g/mol. The Morgan fingerprint density at radius 2 is 2.03 bits per heavy atom. The number of likely N-dealkylation sites (tertiary alicyclic amines) is 1. The van der Waals surface area contributed by atoms with Crippen LogP contribution in [-0.2, 0) is 9.53 Å². The van der Waals surface area contributed by atoms with Crippen LogP contribution >= 0.6 is 0 Å². The molecule has 9 atom stereocenters. The highest BCUT2D eigenvalue weighted by Crippen LogP contribution is 2.49. The number of nitrogens with zero attached hydrogens (tertiary/aromatic N) is 2. The third-order valence-corrected chi connectivity index (χ3v) is 9.42. The number of ether oxygens (including phenoxy) is 1. The van der Waals surface area contributed by atoms with E-state index in [0.29, 0.717) is 30.6 Å². The van der Waals surface area contributed by atoms with Gasteiger partial charge in [-0.05, 0) is 69.2 Å². The maximum atomic E-state index is 13.8. The second kappa shape index (κ2) is 9.84. The summed E-state index contributed by atoms with van der Waals surface area (Å²) in [6.07, 6.45) is 0.892. The number of hydrogen-bond donors (Lipinski definition) is 3. The number of carbonyl (C=O) groups is 1. The first-order valence-electron chi connectivity index (χ1n) is 13.1. The molecule has 0 aromatic rings. The van der Waals surface area contributed by atoms with Gasteiger partial charge in [-0.15, -0.1) is 0 Å². The van der Waals surface area contributed by atoms with E-state index in [1.807, 2.05) is 0 Å². The zero-order valence-electron chi connectivity index (χ0n) is 20.3. The molecule has 7 nitrogen and oxygen atoms in total. The van der Waals surface area contributed by atoms with Crippen LogP contribution < -0.4 is 16.2 Å². The van der Waals surface area contributed by atoms with Gasteiger partial charge >= 0.3 is 6.18 Å². The molecule has 4 heterocycles. The van der Waals surface area contributed by atoms with Crippen molar-refractivity contribution in [3.05, 3.63) is 0 Å². The minimum atomic E-state index is -4.23. The zero-order chi connectivity index (χ0) is 24.0. The molecule has 8 unspecified atom stereocenters. The molecular formula is C24H40F3N5O2. The Morgan fingerprint density at radius 3 is 2.71 bits per heavy atom. The number of nitrogens with one attached hydrogen (secondary N) is 3. The first-order valence-corrected chi connectivity index (χ1v) is 13.1. The fourth-order valence-electron chi connectivity index (χ4n) is 7.31. The number of hydrazine groups is 1. The highest BCUT2D eigenvalue weighted by Gasteiger charge is 2.56. The molecule has 0 spiro atoms. The quantitative estimate of drug-likeness (QED) is 0.554. The van der Waals surface area contributed by atoms with E-state index in [4.69, 9.17) is 4.74 Å². The first kappa shape index (κ1) is 24.7. The van der Waals surface area contributed by atoms with Crippen molar-refractivity contribution in [1.82, 2.24) is 26.0 Å². The van der Waals surface area contributed by atoms with E-state index >= 15 is 0 Å². The van der Waals surface area contributed by atoms with Gasteiger partial charge in [0.15, 0.2) is 0 Å². The topological polar surface area (TPSA) is 68.9 Å². The summed E-state index contributed by atoms with van der Waals surface area (Å²) < 4.78 is 47.0. The molecule has 3 N–H and O–H groups in total. The minimum absolute atomic E-state index is 0.0624. The predicted molar refractivity (Wildman–Crippen MR) is 121 cm³/mol. The maximum absolute atomic E-state index is 13.8. The van der Waals surface area contributed by atoms with E-state index in [2.05, 4.69) is 35.0 Å². The number of carbonyl (C=O) groups excluding carboxylic acids is 1. The van der Waals surface area contributed by atoms with Crippen molar-refractivity contribution < 1.29 is 22.7 Å². The van der Waals surface area contributed by atoms with Crippen LogP contribution in [0, 0.1) is 35.5 Å². The second-order valence-corrected chi connectivity index (χ2v) is 11.4. The molecule has 194 valence electrons. The number of piperidine rings is 1. The standard InChI is InChI=1S/C24H40F3N5O2/c1-14(8-22-30-28-13-31(22)2)16-9-20(15-6-7-34-12-15)29-21(10-16)32-11-18-17(23(32)33)4-3-5-19(18)24(25,26)27/h14-22,28-30H,3-13H2,1-2H3/t14-,15?,16?,17?,18?,19?,20?,21?,22?/m1/s1. The van der Waals surface area contributed by atoms with Crippen LogP contribution in [0.5, 0.6) is 0 Å². The largest absolute Gasteiger partial charge is 0.392 e. The molecule has 1 amide bonds. The van der Waals surface area contributed by atoms with Gasteiger partial charge in [-0.3, -0.25) is 15.0 Å². The Labute approximate surface area is 200 Å². The van der Waals surface area contributed by atoms with E-state index in [1.54, 1.807) is 4.90 Å². The second-order valence-electron chi connectivity index (χ2n) is 11.4. The molecule has 10 heteroatoms. The van der Waals surface area contributed by atoms with Gasteiger partial charge in [0, 0.05) is 25.1 Å². The number of rotatable bonds is 5. The lowest BCUT2D eigenvalue weighted by atomic mass is 9.73. The Balaban J connectivity index is 1.32.